The minimum absolute atomic E-state index is 0.406. The van der Waals surface area contributed by atoms with Gasteiger partial charge >= 0.3 is 0 Å². The lowest BCUT2D eigenvalue weighted by Crippen LogP contribution is -2.06. The number of allylic oxidation sites excluding steroid dienone is 1. The van der Waals surface area contributed by atoms with Crippen molar-refractivity contribution in [2.75, 3.05) is 0 Å². The summed E-state index contributed by atoms with van der Waals surface area (Å²) in [5.41, 5.74) is 1.26. The molecule has 2 rings (SSSR count). The van der Waals surface area contributed by atoms with Crippen molar-refractivity contribution in [1.82, 2.24) is 0 Å². The van der Waals surface area contributed by atoms with Gasteiger partial charge in [0.25, 0.3) is 0 Å². The number of carbonyl (C=O) groups excluding carboxylic acids is 1. The quantitative estimate of drug-likeness (QED) is 0.641. The van der Waals surface area contributed by atoms with Crippen LogP contribution in [-0.4, -0.2) is 6.29 Å². The number of hydrogen-bond acceptors (Lipinski definition) is 1. The first kappa shape index (κ1) is 17.6. The van der Waals surface area contributed by atoms with E-state index in [0.717, 1.165) is 19.1 Å². The van der Waals surface area contributed by atoms with Crippen LogP contribution in [0.2, 0.25) is 0 Å². The van der Waals surface area contributed by atoms with Gasteiger partial charge in [0.15, 0.2) is 0 Å². The molecule has 0 aromatic heterocycles. The molecule has 1 saturated carbocycles. The van der Waals surface area contributed by atoms with Gasteiger partial charge in [-0.1, -0.05) is 75.6 Å². The highest BCUT2D eigenvalue weighted by Gasteiger charge is 2.10. The number of aldehydes is 1. The summed E-state index contributed by atoms with van der Waals surface area (Å²) in [4.78, 5) is 10.2. The molecule has 1 nitrogen and oxygen atoms in total. The van der Waals surface area contributed by atoms with Crippen LogP contribution < -0.4 is 0 Å². The fraction of sp³-hybridized carbons (Fsp3) is 0.500. The van der Waals surface area contributed by atoms with Gasteiger partial charge in [-0.2, -0.15) is 0 Å². The zero-order chi connectivity index (χ0) is 14.3. The Hall–Kier alpha value is -1.37. The lowest BCUT2D eigenvalue weighted by atomic mass is 9.91. The van der Waals surface area contributed by atoms with Crippen LogP contribution in [0.1, 0.15) is 58.4 Å². The third-order valence-electron chi connectivity index (χ3n) is 3.00. The van der Waals surface area contributed by atoms with E-state index in [9.17, 15) is 4.79 Å². The highest BCUT2D eigenvalue weighted by molar-refractivity contribution is 5.53. The molecule has 0 spiro atoms. The fourth-order valence-corrected chi connectivity index (χ4v) is 2.03. The molecule has 0 bridgehead atoms. The number of benzene rings is 1. The SMILES string of the molecule is C/C=C/c1ccccc1.CC.O=CC1CCCCC1. The number of rotatable bonds is 2. The predicted octanol–water partition coefficient (Wildman–Crippen LogP) is 5.51. The van der Waals surface area contributed by atoms with Crippen LogP contribution in [0.5, 0.6) is 0 Å². The van der Waals surface area contributed by atoms with Gasteiger partial charge in [-0.05, 0) is 25.3 Å². The van der Waals surface area contributed by atoms with Crippen LogP contribution in [0, 0.1) is 5.92 Å². The van der Waals surface area contributed by atoms with Crippen LogP contribution in [0.25, 0.3) is 6.08 Å². The molecule has 0 amide bonds. The van der Waals surface area contributed by atoms with Crippen molar-refractivity contribution in [2.45, 2.75) is 52.9 Å². The lowest BCUT2D eigenvalue weighted by Gasteiger charge is -2.14. The Morgan fingerprint density at radius 1 is 1.00 bits per heavy atom. The Morgan fingerprint density at radius 2 is 1.58 bits per heavy atom. The van der Waals surface area contributed by atoms with Crippen molar-refractivity contribution in [3.63, 3.8) is 0 Å². The van der Waals surface area contributed by atoms with Crippen LogP contribution >= 0.6 is 0 Å². The summed E-state index contributed by atoms with van der Waals surface area (Å²) in [6.45, 7) is 6.02. The largest absolute Gasteiger partial charge is 0.303 e. The lowest BCUT2D eigenvalue weighted by molar-refractivity contribution is -0.111. The Labute approximate surface area is 118 Å². The third kappa shape index (κ3) is 9.24. The van der Waals surface area contributed by atoms with Crippen LogP contribution in [0.4, 0.5) is 0 Å². The Balaban J connectivity index is 0.000000303. The minimum Gasteiger partial charge on any atom is -0.303 e. The van der Waals surface area contributed by atoms with E-state index in [-0.39, 0.29) is 0 Å². The van der Waals surface area contributed by atoms with Crippen molar-refractivity contribution in [1.29, 1.82) is 0 Å². The van der Waals surface area contributed by atoms with Gasteiger partial charge in [-0.15, -0.1) is 0 Å². The van der Waals surface area contributed by atoms with Crippen LogP contribution in [-0.2, 0) is 4.79 Å². The molecule has 1 aliphatic carbocycles. The summed E-state index contributed by atoms with van der Waals surface area (Å²) in [5.74, 6) is 0.406. The Bertz CT molecular complexity index is 321. The molecule has 0 N–H and O–H groups in total. The maximum Gasteiger partial charge on any atom is 0.123 e. The summed E-state index contributed by atoms with van der Waals surface area (Å²) in [6, 6.07) is 10.3. The zero-order valence-corrected chi connectivity index (χ0v) is 12.6. The first-order valence-electron chi connectivity index (χ1n) is 7.50. The molecule has 0 heterocycles. The van der Waals surface area contributed by atoms with Gasteiger partial charge in [0.2, 0.25) is 0 Å². The topological polar surface area (TPSA) is 17.1 Å². The maximum atomic E-state index is 10.2. The van der Waals surface area contributed by atoms with E-state index >= 15 is 0 Å². The smallest absolute Gasteiger partial charge is 0.123 e. The molecule has 1 fully saturated rings. The average molecular weight is 260 g/mol. The van der Waals surface area contributed by atoms with E-state index in [1.807, 2.05) is 45.0 Å². The molecule has 1 aliphatic rings. The second kappa shape index (κ2) is 13.1. The molecule has 1 heteroatoms. The van der Waals surface area contributed by atoms with E-state index in [2.05, 4.69) is 18.2 Å². The van der Waals surface area contributed by atoms with E-state index in [4.69, 9.17) is 0 Å². The highest BCUT2D eigenvalue weighted by Crippen LogP contribution is 2.21. The predicted molar refractivity (Wildman–Crippen MR) is 85.1 cm³/mol. The van der Waals surface area contributed by atoms with Crippen molar-refractivity contribution in [3.05, 3.63) is 42.0 Å². The summed E-state index contributed by atoms with van der Waals surface area (Å²) in [6.07, 6.45) is 11.4. The van der Waals surface area contributed by atoms with E-state index in [1.54, 1.807) is 0 Å². The fourth-order valence-electron chi connectivity index (χ4n) is 2.03. The second-order valence-corrected chi connectivity index (χ2v) is 4.44. The molecular weight excluding hydrogens is 232 g/mol. The van der Waals surface area contributed by atoms with Crippen molar-refractivity contribution in [3.8, 4) is 0 Å². The van der Waals surface area contributed by atoms with Crippen molar-refractivity contribution < 1.29 is 4.79 Å². The molecule has 1 aromatic rings. The Morgan fingerprint density at radius 3 is 2.00 bits per heavy atom. The third-order valence-corrected chi connectivity index (χ3v) is 3.00. The summed E-state index contributed by atoms with van der Waals surface area (Å²) in [5, 5.41) is 0. The van der Waals surface area contributed by atoms with Gasteiger partial charge in [-0.25, -0.2) is 0 Å². The van der Waals surface area contributed by atoms with Gasteiger partial charge in [0.1, 0.15) is 6.29 Å². The molecule has 1 aromatic carbocycles. The molecule has 0 atom stereocenters. The molecule has 0 aliphatic heterocycles. The maximum absolute atomic E-state index is 10.2. The van der Waals surface area contributed by atoms with E-state index < -0.39 is 0 Å². The first-order chi connectivity index (χ1) is 9.36. The normalized spacial score (nSPS) is 14.9. The zero-order valence-electron chi connectivity index (χ0n) is 12.6. The van der Waals surface area contributed by atoms with E-state index in [0.29, 0.717) is 5.92 Å². The Kier molecular flexibility index (Phi) is 12.1. The highest BCUT2D eigenvalue weighted by atomic mass is 16.1. The summed E-state index contributed by atoms with van der Waals surface area (Å²) < 4.78 is 0. The second-order valence-electron chi connectivity index (χ2n) is 4.44. The minimum atomic E-state index is 0.406. The van der Waals surface area contributed by atoms with Crippen LogP contribution in [0.15, 0.2) is 36.4 Å². The van der Waals surface area contributed by atoms with Gasteiger partial charge in [0, 0.05) is 5.92 Å². The van der Waals surface area contributed by atoms with E-state index in [1.165, 1.54) is 24.8 Å². The molecular formula is C18H28O. The molecule has 0 unspecified atom stereocenters. The molecule has 106 valence electrons. The molecule has 19 heavy (non-hydrogen) atoms. The van der Waals surface area contributed by atoms with Gasteiger partial charge in [-0.3, -0.25) is 0 Å². The first-order valence-corrected chi connectivity index (χ1v) is 7.50. The summed E-state index contributed by atoms with van der Waals surface area (Å²) >= 11 is 0. The summed E-state index contributed by atoms with van der Waals surface area (Å²) in [7, 11) is 0. The average Bonchev–Trinajstić information content (AvgIpc) is 2.52. The monoisotopic (exact) mass is 260 g/mol. The number of hydrogen-bond donors (Lipinski definition) is 0. The molecule has 0 radical (unpaired) electrons. The van der Waals surface area contributed by atoms with Crippen LogP contribution in [0.3, 0.4) is 0 Å². The van der Waals surface area contributed by atoms with Gasteiger partial charge < -0.3 is 4.79 Å². The number of carbonyl (C=O) groups is 1. The van der Waals surface area contributed by atoms with Crippen molar-refractivity contribution in [2.24, 2.45) is 5.92 Å². The molecule has 0 saturated heterocycles. The van der Waals surface area contributed by atoms with Gasteiger partial charge in [0.05, 0.1) is 0 Å². The van der Waals surface area contributed by atoms with Crippen molar-refractivity contribution >= 4 is 12.4 Å². The standard InChI is InChI=1S/C9H10.C7H12O.C2H6/c1-2-6-9-7-4-3-5-8-9;8-6-7-4-2-1-3-5-7;1-2/h2-8H,1H3;6-7H,1-5H2;1-2H3/b6-2+;;.